The van der Waals surface area contributed by atoms with E-state index in [9.17, 15) is 4.39 Å². The standard InChI is InChI=1S/C27H25FSi/c1-20-4-12-24(13-5-20)29(25-14-6-21(2)7-15-25,26-16-8-22(3)9-17-26)27-18-10-23(28)11-19-27/h4-19H,1-3H3. The molecular formula is C27H25FSi. The SMILES string of the molecule is Cc1ccc([Si](c2ccc(C)cc2)(c2ccc(C)cc2)c2ccc(F)cc2)cc1. The van der Waals surface area contributed by atoms with Gasteiger partial charge in [-0.25, -0.2) is 4.39 Å². The second-order valence-electron chi connectivity index (χ2n) is 7.85. The molecule has 0 unspecified atom stereocenters. The quantitative estimate of drug-likeness (QED) is 0.359. The fourth-order valence-electron chi connectivity index (χ4n) is 4.11. The molecule has 4 aromatic rings. The average Bonchev–Trinajstić information content (AvgIpc) is 2.73. The summed E-state index contributed by atoms with van der Waals surface area (Å²) in [6.07, 6.45) is 0. The van der Waals surface area contributed by atoms with Crippen LogP contribution in [-0.2, 0) is 0 Å². The van der Waals surface area contributed by atoms with Crippen LogP contribution in [0.4, 0.5) is 4.39 Å². The van der Waals surface area contributed by atoms with E-state index in [4.69, 9.17) is 0 Å². The van der Waals surface area contributed by atoms with Crippen LogP contribution >= 0.6 is 0 Å². The van der Waals surface area contributed by atoms with E-state index in [0.29, 0.717) is 0 Å². The van der Waals surface area contributed by atoms with Crippen molar-refractivity contribution in [2.24, 2.45) is 0 Å². The Bertz CT molecular complexity index is 906. The summed E-state index contributed by atoms with van der Waals surface area (Å²) in [6.45, 7) is 6.34. The highest BCUT2D eigenvalue weighted by atomic mass is 28.3. The summed E-state index contributed by atoms with van der Waals surface area (Å²) in [5, 5.41) is 5.11. The molecule has 0 aliphatic rings. The van der Waals surface area contributed by atoms with Crippen LogP contribution in [0.2, 0.25) is 0 Å². The molecule has 4 rings (SSSR count). The van der Waals surface area contributed by atoms with Gasteiger partial charge >= 0.3 is 0 Å². The third-order valence-electron chi connectivity index (χ3n) is 5.73. The maximum Gasteiger partial charge on any atom is 0.179 e. The topological polar surface area (TPSA) is 0 Å². The summed E-state index contributed by atoms with van der Waals surface area (Å²) >= 11 is 0. The lowest BCUT2D eigenvalue weighted by Crippen LogP contribution is -2.74. The Morgan fingerprint density at radius 1 is 0.414 bits per heavy atom. The van der Waals surface area contributed by atoms with Crippen molar-refractivity contribution in [2.45, 2.75) is 20.8 Å². The van der Waals surface area contributed by atoms with Crippen molar-refractivity contribution >= 4 is 28.8 Å². The van der Waals surface area contributed by atoms with Crippen LogP contribution in [-0.4, -0.2) is 8.07 Å². The Morgan fingerprint density at radius 2 is 0.655 bits per heavy atom. The average molecular weight is 397 g/mol. The molecule has 0 radical (unpaired) electrons. The van der Waals surface area contributed by atoms with E-state index >= 15 is 0 Å². The second kappa shape index (κ2) is 7.80. The van der Waals surface area contributed by atoms with Crippen molar-refractivity contribution in [1.29, 1.82) is 0 Å². The molecule has 0 amide bonds. The Morgan fingerprint density at radius 3 is 0.931 bits per heavy atom. The molecule has 4 aromatic carbocycles. The Balaban J connectivity index is 2.11. The molecule has 0 bridgehead atoms. The van der Waals surface area contributed by atoms with Gasteiger partial charge in [0.25, 0.3) is 0 Å². The van der Waals surface area contributed by atoms with Gasteiger partial charge in [0.15, 0.2) is 8.07 Å². The Labute approximate surface area is 173 Å². The third-order valence-corrected chi connectivity index (χ3v) is 10.5. The molecule has 0 N–H and O–H groups in total. The van der Waals surface area contributed by atoms with Crippen LogP contribution < -0.4 is 20.7 Å². The lowest BCUT2D eigenvalue weighted by atomic mass is 10.2. The minimum Gasteiger partial charge on any atom is -0.207 e. The van der Waals surface area contributed by atoms with Gasteiger partial charge in [-0.05, 0) is 53.7 Å². The summed E-state index contributed by atoms with van der Waals surface area (Å²) in [5.41, 5.74) is 3.72. The molecule has 2 heteroatoms. The predicted octanol–water partition coefficient (Wildman–Crippen LogP) is 4.13. The summed E-state index contributed by atoms with van der Waals surface area (Å²) in [7, 11) is -2.56. The molecule has 0 aliphatic carbocycles. The first-order chi connectivity index (χ1) is 14.0. The van der Waals surface area contributed by atoms with Crippen molar-refractivity contribution in [3.63, 3.8) is 0 Å². The number of benzene rings is 4. The van der Waals surface area contributed by atoms with Crippen molar-refractivity contribution in [2.75, 3.05) is 0 Å². The second-order valence-corrected chi connectivity index (χ2v) is 11.7. The number of hydrogen-bond donors (Lipinski definition) is 0. The first kappa shape index (κ1) is 19.3. The summed E-state index contributed by atoms with van der Waals surface area (Å²) < 4.78 is 13.9. The number of hydrogen-bond acceptors (Lipinski definition) is 0. The Hall–Kier alpha value is -2.97. The molecule has 0 heterocycles. The largest absolute Gasteiger partial charge is 0.207 e. The van der Waals surface area contributed by atoms with Crippen molar-refractivity contribution in [1.82, 2.24) is 0 Å². The zero-order valence-corrected chi connectivity index (χ0v) is 18.1. The molecule has 0 saturated carbocycles. The molecule has 29 heavy (non-hydrogen) atoms. The molecule has 0 spiro atoms. The van der Waals surface area contributed by atoms with Gasteiger partial charge in [-0.15, -0.1) is 0 Å². The van der Waals surface area contributed by atoms with E-state index < -0.39 is 8.07 Å². The molecule has 144 valence electrons. The van der Waals surface area contributed by atoms with E-state index in [1.807, 2.05) is 12.1 Å². The molecular weight excluding hydrogens is 371 g/mol. The lowest BCUT2D eigenvalue weighted by Gasteiger charge is -2.34. The van der Waals surface area contributed by atoms with Crippen LogP contribution in [0, 0.1) is 26.6 Å². The zero-order chi connectivity index (χ0) is 20.4. The number of rotatable bonds is 4. The fraction of sp³-hybridized carbons (Fsp3) is 0.111. The maximum atomic E-state index is 13.9. The number of aryl methyl sites for hydroxylation is 3. The van der Waals surface area contributed by atoms with Gasteiger partial charge in [0.2, 0.25) is 0 Å². The third kappa shape index (κ3) is 3.56. The Kier molecular flexibility index (Phi) is 5.21. The van der Waals surface area contributed by atoms with Gasteiger partial charge in [0.05, 0.1) is 0 Å². The minimum atomic E-state index is -2.56. The maximum absolute atomic E-state index is 13.9. The van der Waals surface area contributed by atoms with Crippen LogP contribution in [0.15, 0.2) is 97.1 Å². The molecule has 0 atom stereocenters. The minimum absolute atomic E-state index is 0.201. The molecule has 0 aromatic heterocycles. The van der Waals surface area contributed by atoms with Crippen molar-refractivity contribution in [3.8, 4) is 0 Å². The fourth-order valence-corrected chi connectivity index (χ4v) is 8.78. The highest BCUT2D eigenvalue weighted by molar-refractivity contribution is 7.19. The highest BCUT2D eigenvalue weighted by Gasteiger charge is 2.41. The predicted molar refractivity (Wildman–Crippen MR) is 124 cm³/mol. The van der Waals surface area contributed by atoms with Crippen molar-refractivity contribution in [3.05, 3.63) is 120 Å². The number of halogens is 1. The van der Waals surface area contributed by atoms with Gasteiger partial charge in [0, 0.05) is 0 Å². The van der Waals surface area contributed by atoms with Gasteiger partial charge < -0.3 is 0 Å². The summed E-state index contributed by atoms with van der Waals surface area (Å²) in [6, 6.07) is 33.8. The van der Waals surface area contributed by atoms with E-state index in [-0.39, 0.29) is 5.82 Å². The molecule has 0 aliphatic heterocycles. The molecule has 0 saturated heterocycles. The van der Waals surface area contributed by atoms with E-state index in [1.165, 1.54) is 37.4 Å². The first-order valence-electron chi connectivity index (χ1n) is 9.97. The van der Waals surface area contributed by atoms with Gasteiger partial charge in [0.1, 0.15) is 5.82 Å². The van der Waals surface area contributed by atoms with Gasteiger partial charge in [-0.1, -0.05) is 102 Å². The van der Waals surface area contributed by atoms with Crippen molar-refractivity contribution < 1.29 is 4.39 Å². The molecule has 0 fully saturated rings. The smallest absolute Gasteiger partial charge is 0.179 e. The van der Waals surface area contributed by atoms with Gasteiger partial charge in [-0.2, -0.15) is 0 Å². The normalized spacial score (nSPS) is 11.4. The monoisotopic (exact) mass is 396 g/mol. The van der Waals surface area contributed by atoms with E-state index in [1.54, 1.807) is 12.1 Å². The van der Waals surface area contributed by atoms with Gasteiger partial charge in [-0.3, -0.25) is 0 Å². The summed E-state index contributed by atoms with van der Waals surface area (Å²) in [5.74, 6) is -0.201. The molecule has 0 nitrogen and oxygen atoms in total. The van der Waals surface area contributed by atoms with Crippen LogP contribution in [0.1, 0.15) is 16.7 Å². The lowest BCUT2D eigenvalue weighted by molar-refractivity contribution is 0.628. The zero-order valence-electron chi connectivity index (χ0n) is 17.1. The first-order valence-corrected chi connectivity index (χ1v) is 12.0. The highest BCUT2D eigenvalue weighted by Crippen LogP contribution is 2.12. The van der Waals surface area contributed by atoms with Crippen LogP contribution in [0.25, 0.3) is 0 Å². The van der Waals surface area contributed by atoms with Crippen LogP contribution in [0.5, 0.6) is 0 Å². The van der Waals surface area contributed by atoms with E-state index in [2.05, 4.69) is 93.6 Å². The summed E-state index contributed by atoms with van der Waals surface area (Å²) in [4.78, 5) is 0. The van der Waals surface area contributed by atoms with E-state index in [0.717, 1.165) is 0 Å². The van der Waals surface area contributed by atoms with Crippen LogP contribution in [0.3, 0.4) is 0 Å².